The molecule has 7 nitrogen and oxygen atoms in total. The number of methoxy groups -OCH3 is 1. The molecule has 0 aromatic heterocycles. The maximum absolute atomic E-state index is 13.1. The van der Waals surface area contributed by atoms with Gasteiger partial charge in [0.25, 0.3) is 5.91 Å². The number of hydrogen-bond donors (Lipinski definition) is 1. The number of amides is 1. The summed E-state index contributed by atoms with van der Waals surface area (Å²) in [5, 5.41) is 0. The highest BCUT2D eigenvalue weighted by molar-refractivity contribution is 7.92. The Balaban J connectivity index is 1.37. The van der Waals surface area contributed by atoms with E-state index in [-0.39, 0.29) is 5.91 Å². The van der Waals surface area contributed by atoms with Gasteiger partial charge in [-0.25, -0.2) is 8.42 Å². The number of ether oxygens (including phenoxy) is 1. The van der Waals surface area contributed by atoms with E-state index in [4.69, 9.17) is 4.74 Å². The van der Waals surface area contributed by atoms with Crippen LogP contribution in [-0.4, -0.2) is 69.2 Å². The molecule has 0 radical (unpaired) electrons. The second-order valence-corrected chi connectivity index (χ2v) is 11.5. The summed E-state index contributed by atoms with van der Waals surface area (Å²) in [5.41, 5.74) is 3.90. The first-order valence-corrected chi connectivity index (χ1v) is 14.4. The Bertz CT molecular complexity index is 1130. The van der Waals surface area contributed by atoms with Crippen molar-refractivity contribution in [2.45, 2.75) is 57.5 Å². The first-order valence-electron chi connectivity index (χ1n) is 12.6. The number of carbonyl (C=O) groups is 1. The largest absolute Gasteiger partial charge is 0.497 e. The maximum atomic E-state index is 13.1. The minimum Gasteiger partial charge on any atom is -0.497 e. The first-order chi connectivity index (χ1) is 16.8. The van der Waals surface area contributed by atoms with Crippen LogP contribution in [0.1, 0.15) is 54.1 Å². The molecule has 1 unspecified atom stereocenters. The number of benzene rings is 2. The minimum absolute atomic E-state index is 0.00934. The Hall–Kier alpha value is -2.58. The molecule has 1 aliphatic heterocycles. The molecule has 1 saturated heterocycles. The van der Waals surface area contributed by atoms with Gasteiger partial charge < -0.3 is 9.64 Å². The number of nitrogens with zero attached hydrogens (tertiary/aromatic N) is 2. The number of likely N-dealkylation sites (tertiary alicyclic amines) is 1. The van der Waals surface area contributed by atoms with Crippen molar-refractivity contribution < 1.29 is 17.9 Å². The summed E-state index contributed by atoms with van der Waals surface area (Å²) >= 11 is 0. The normalized spacial score (nSPS) is 18.9. The van der Waals surface area contributed by atoms with Crippen LogP contribution in [0.5, 0.6) is 5.75 Å². The van der Waals surface area contributed by atoms with E-state index in [2.05, 4.69) is 34.7 Å². The van der Waals surface area contributed by atoms with E-state index in [9.17, 15) is 13.2 Å². The number of anilines is 1. The van der Waals surface area contributed by atoms with Gasteiger partial charge in [-0.15, -0.1) is 0 Å². The van der Waals surface area contributed by atoms with Crippen molar-refractivity contribution in [2.75, 3.05) is 37.7 Å². The van der Waals surface area contributed by atoms with Gasteiger partial charge in [0, 0.05) is 36.4 Å². The number of carbonyl (C=O) groups excluding carboxylic acids is 1. The average Bonchev–Trinajstić information content (AvgIpc) is 2.86. The molecule has 2 aromatic carbocycles. The fourth-order valence-corrected chi connectivity index (χ4v) is 6.09. The van der Waals surface area contributed by atoms with Crippen LogP contribution in [0.4, 0.5) is 5.69 Å². The van der Waals surface area contributed by atoms with Gasteiger partial charge in [-0.05, 0) is 92.6 Å². The molecule has 2 aliphatic rings. The molecule has 0 spiro atoms. The van der Waals surface area contributed by atoms with Gasteiger partial charge in [-0.3, -0.25) is 14.4 Å². The Labute approximate surface area is 209 Å². The van der Waals surface area contributed by atoms with Gasteiger partial charge >= 0.3 is 0 Å². The second-order valence-electron chi connectivity index (χ2n) is 9.74. The fourth-order valence-electron chi connectivity index (χ4n) is 5.52. The lowest BCUT2D eigenvalue weighted by Gasteiger charge is -2.44. The molecule has 190 valence electrons. The van der Waals surface area contributed by atoms with E-state index in [0.717, 1.165) is 63.7 Å². The van der Waals surface area contributed by atoms with Crippen molar-refractivity contribution in [3.8, 4) is 5.75 Å². The number of piperidine rings is 1. The number of sulfonamides is 1. The Morgan fingerprint density at radius 2 is 1.77 bits per heavy atom. The molecular formula is C27H37N3O4S. The second kappa shape index (κ2) is 11.0. The molecule has 1 atom stereocenters. The van der Waals surface area contributed by atoms with Crippen molar-refractivity contribution in [1.82, 2.24) is 9.80 Å². The molecule has 2 aromatic rings. The third-order valence-electron chi connectivity index (χ3n) is 7.22. The van der Waals surface area contributed by atoms with E-state index in [1.165, 1.54) is 17.5 Å². The van der Waals surface area contributed by atoms with E-state index < -0.39 is 10.0 Å². The summed E-state index contributed by atoms with van der Waals surface area (Å²) in [4.78, 5) is 17.7. The van der Waals surface area contributed by atoms with E-state index in [0.29, 0.717) is 23.3 Å². The lowest BCUT2D eigenvalue weighted by atomic mass is 9.85. The minimum atomic E-state index is -3.34. The number of aryl methyl sites for hydroxylation is 1. The number of nitrogens with one attached hydrogen (secondary N) is 1. The molecule has 0 bridgehead atoms. The van der Waals surface area contributed by atoms with Gasteiger partial charge in [0.15, 0.2) is 0 Å². The summed E-state index contributed by atoms with van der Waals surface area (Å²) in [6.45, 7) is 4.81. The van der Waals surface area contributed by atoms with Crippen molar-refractivity contribution in [1.29, 1.82) is 0 Å². The monoisotopic (exact) mass is 499 g/mol. The van der Waals surface area contributed by atoms with Crippen LogP contribution in [0.3, 0.4) is 0 Å². The van der Waals surface area contributed by atoms with Crippen molar-refractivity contribution in [2.24, 2.45) is 0 Å². The highest BCUT2D eigenvalue weighted by Crippen LogP contribution is 2.31. The van der Waals surface area contributed by atoms with Gasteiger partial charge in [0.05, 0.1) is 13.4 Å². The van der Waals surface area contributed by atoms with E-state index >= 15 is 0 Å². The van der Waals surface area contributed by atoms with Gasteiger partial charge in [0.2, 0.25) is 10.0 Å². The molecule has 1 heterocycles. The third kappa shape index (κ3) is 6.35. The molecule has 1 fully saturated rings. The molecule has 35 heavy (non-hydrogen) atoms. The van der Waals surface area contributed by atoms with E-state index in [1.54, 1.807) is 31.4 Å². The van der Waals surface area contributed by atoms with Gasteiger partial charge in [-0.2, -0.15) is 0 Å². The Morgan fingerprint density at radius 1 is 1.06 bits per heavy atom. The van der Waals surface area contributed by atoms with Crippen LogP contribution in [0.15, 0.2) is 42.5 Å². The Kier molecular flexibility index (Phi) is 8.02. The van der Waals surface area contributed by atoms with Crippen LogP contribution in [0.2, 0.25) is 0 Å². The first kappa shape index (κ1) is 25.5. The highest BCUT2D eigenvalue weighted by Gasteiger charge is 2.32. The van der Waals surface area contributed by atoms with Crippen LogP contribution in [0.25, 0.3) is 0 Å². The van der Waals surface area contributed by atoms with Crippen molar-refractivity contribution >= 4 is 21.6 Å². The standard InChI is InChI=1S/C27H37N3O4S/c1-4-15-30(25-11-7-20-8-12-26(34-2)19-22(20)18-25)24-13-16-29(17-14-24)27(31)21-5-9-23(10-6-21)28-35(3,32)33/h5-6,8-10,12,19,24-25,28H,4,7,11,13-18H2,1-3H3. The van der Waals surface area contributed by atoms with Crippen LogP contribution in [0, 0.1) is 0 Å². The summed E-state index contributed by atoms with van der Waals surface area (Å²) in [6.07, 6.45) is 7.51. The predicted octanol–water partition coefficient (Wildman–Crippen LogP) is 3.94. The lowest BCUT2D eigenvalue weighted by Crippen LogP contribution is -2.51. The summed E-state index contributed by atoms with van der Waals surface area (Å²) in [5.74, 6) is 0.938. The molecule has 1 aliphatic carbocycles. The summed E-state index contributed by atoms with van der Waals surface area (Å²) < 4.78 is 30.7. The zero-order valence-corrected chi connectivity index (χ0v) is 21.8. The third-order valence-corrected chi connectivity index (χ3v) is 7.83. The zero-order chi connectivity index (χ0) is 25.0. The fraction of sp³-hybridized carbons (Fsp3) is 0.519. The summed E-state index contributed by atoms with van der Waals surface area (Å²) in [7, 11) is -1.61. The number of fused-ring (bicyclic) bond motifs is 1. The Morgan fingerprint density at radius 3 is 2.40 bits per heavy atom. The van der Waals surface area contributed by atoms with Crippen molar-refractivity contribution in [3.63, 3.8) is 0 Å². The number of rotatable bonds is 8. The van der Waals surface area contributed by atoms with Gasteiger partial charge in [0.1, 0.15) is 5.75 Å². The molecule has 8 heteroatoms. The van der Waals surface area contributed by atoms with Crippen molar-refractivity contribution in [3.05, 3.63) is 59.2 Å². The average molecular weight is 500 g/mol. The quantitative estimate of drug-likeness (QED) is 0.595. The van der Waals surface area contributed by atoms with Crippen LogP contribution in [-0.2, 0) is 22.9 Å². The number of hydrogen-bond acceptors (Lipinski definition) is 5. The van der Waals surface area contributed by atoms with Gasteiger partial charge in [-0.1, -0.05) is 13.0 Å². The molecular weight excluding hydrogens is 462 g/mol. The molecule has 0 saturated carbocycles. The van der Waals surface area contributed by atoms with Crippen LogP contribution < -0.4 is 9.46 Å². The lowest BCUT2D eigenvalue weighted by molar-refractivity contribution is 0.0507. The molecule has 1 N–H and O–H groups in total. The summed E-state index contributed by atoms with van der Waals surface area (Å²) in [6, 6.07) is 14.1. The van der Waals surface area contributed by atoms with Crippen LogP contribution >= 0.6 is 0 Å². The molecule has 1 amide bonds. The highest BCUT2D eigenvalue weighted by atomic mass is 32.2. The molecule has 4 rings (SSSR count). The topological polar surface area (TPSA) is 79.0 Å². The smallest absolute Gasteiger partial charge is 0.253 e. The predicted molar refractivity (Wildman–Crippen MR) is 140 cm³/mol. The van der Waals surface area contributed by atoms with E-state index in [1.807, 2.05) is 4.90 Å². The maximum Gasteiger partial charge on any atom is 0.253 e. The SMILES string of the molecule is CCCN(C1CCN(C(=O)c2ccc(NS(C)(=O)=O)cc2)CC1)C1CCc2ccc(OC)cc2C1. The zero-order valence-electron chi connectivity index (χ0n) is 21.0.